The maximum Gasteiger partial charge on any atom is 0.416 e. The number of alkyl halides is 5. The van der Waals surface area contributed by atoms with Crippen molar-refractivity contribution in [1.29, 1.82) is 0 Å². The summed E-state index contributed by atoms with van der Waals surface area (Å²) < 4.78 is 122. The van der Waals surface area contributed by atoms with Gasteiger partial charge < -0.3 is 5.11 Å². The van der Waals surface area contributed by atoms with Crippen LogP contribution in [0.2, 0.25) is 0 Å². The van der Waals surface area contributed by atoms with Crippen LogP contribution in [0.4, 0.5) is 30.7 Å². The van der Waals surface area contributed by atoms with Gasteiger partial charge in [0.05, 0.1) is 23.4 Å². The van der Waals surface area contributed by atoms with Crippen molar-refractivity contribution in [1.82, 2.24) is 19.3 Å². The second-order valence-electron chi connectivity index (χ2n) is 7.88. The Hall–Kier alpha value is -4.00. The smallest absolute Gasteiger partial charge is 0.395 e. The van der Waals surface area contributed by atoms with Gasteiger partial charge in [0.25, 0.3) is 6.43 Å². The topological polar surface area (TPSA) is 96.6 Å². The fraction of sp³-hybridized carbons (Fsp3) is 0.167. The first-order chi connectivity index (χ1) is 18.3. The van der Waals surface area contributed by atoms with Gasteiger partial charge in [-0.2, -0.15) is 18.3 Å². The van der Waals surface area contributed by atoms with E-state index in [0.717, 1.165) is 40.9 Å². The number of benzene rings is 2. The number of aliphatic hydroxyl groups excluding tert-OH is 1. The third-order valence-electron chi connectivity index (χ3n) is 5.23. The molecule has 0 saturated carbocycles. The lowest BCUT2D eigenvalue weighted by atomic mass is 10.1. The molecule has 15 heteroatoms. The molecule has 0 aliphatic heterocycles. The number of hydrogen-bond donors (Lipinski definition) is 2. The number of aromatic nitrogens is 3. The van der Waals surface area contributed by atoms with Gasteiger partial charge in [0, 0.05) is 24.2 Å². The van der Waals surface area contributed by atoms with Gasteiger partial charge in [0.1, 0.15) is 27.9 Å². The van der Waals surface area contributed by atoms with Crippen LogP contribution in [0, 0.1) is 23.5 Å². The molecule has 0 bridgehead atoms. The monoisotopic (exact) mass is 572 g/mol. The minimum Gasteiger partial charge on any atom is -0.395 e. The second kappa shape index (κ2) is 10.6. The summed E-state index contributed by atoms with van der Waals surface area (Å²) in [6.45, 7) is -0.993. The molecular weight excluding hydrogens is 557 g/mol. The molecule has 2 N–H and O–H groups in total. The summed E-state index contributed by atoms with van der Waals surface area (Å²) in [4.78, 5) is 3.22. The van der Waals surface area contributed by atoms with Gasteiger partial charge in [-0.3, -0.25) is 0 Å². The first-order valence-corrected chi connectivity index (χ1v) is 12.3. The number of fused-ring (bicyclic) bond motifs is 1. The Morgan fingerprint density at radius 1 is 1.00 bits per heavy atom. The lowest BCUT2D eigenvalue weighted by Crippen LogP contribution is -2.27. The van der Waals surface area contributed by atoms with Crippen LogP contribution < -0.4 is 4.72 Å². The standard InChI is InChI=1S/C24H15F7N4O3S/c25-17-11-18(26)21(39(37,38)32-7-8-36)9-14(17)3-6-16-10-22-33-19(12-20(23(27)28)35(22)34-16)13-1-4-15(5-2-13)24(29,30)31/h1-2,4-5,9-12,23,32,36H,7-8H2. The Morgan fingerprint density at radius 2 is 1.69 bits per heavy atom. The van der Waals surface area contributed by atoms with Crippen molar-refractivity contribution in [3.05, 3.63) is 82.7 Å². The van der Waals surface area contributed by atoms with Gasteiger partial charge in [-0.05, 0) is 30.2 Å². The van der Waals surface area contributed by atoms with Crippen LogP contribution in [0.3, 0.4) is 0 Å². The molecule has 0 spiro atoms. The molecule has 0 radical (unpaired) electrons. The minimum absolute atomic E-state index is 0.0688. The summed E-state index contributed by atoms with van der Waals surface area (Å²) in [7, 11) is -4.45. The van der Waals surface area contributed by atoms with E-state index >= 15 is 0 Å². The van der Waals surface area contributed by atoms with Crippen LogP contribution in [0.15, 0.2) is 53.4 Å². The van der Waals surface area contributed by atoms with Gasteiger partial charge in [0.15, 0.2) is 5.65 Å². The van der Waals surface area contributed by atoms with E-state index in [0.29, 0.717) is 12.1 Å². The zero-order valence-corrected chi connectivity index (χ0v) is 20.1. The predicted octanol–water partition coefficient (Wildman–Crippen LogP) is 4.30. The van der Waals surface area contributed by atoms with Crippen LogP contribution in [0.1, 0.15) is 28.9 Å². The highest BCUT2D eigenvalue weighted by Gasteiger charge is 2.30. The Morgan fingerprint density at radius 3 is 2.31 bits per heavy atom. The molecule has 4 rings (SSSR count). The van der Waals surface area contributed by atoms with E-state index in [-0.39, 0.29) is 22.6 Å². The molecule has 0 saturated heterocycles. The third kappa shape index (κ3) is 6.03. The van der Waals surface area contributed by atoms with Crippen molar-refractivity contribution < 1.29 is 44.3 Å². The molecule has 2 heterocycles. The molecule has 7 nitrogen and oxygen atoms in total. The first-order valence-electron chi connectivity index (χ1n) is 10.8. The highest BCUT2D eigenvalue weighted by atomic mass is 32.2. The lowest BCUT2D eigenvalue weighted by molar-refractivity contribution is -0.137. The molecule has 0 aliphatic carbocycles. The largest absolute Gasteiger partial charge is 0.416 e. The molecule has 4 aromatic rings. The number of sulfonamides is 1. The molecule has 0 aliphatic rings. The van der Waals surface area contributed by atoms with Gasteiger partial charge in [-0.25, -0.2) is 40.2 Å². The van der Waals surface area contributed by atoms with E-state index in [1.54, 1.807) is 0 Å². The number of nitrogens with one attached hydrogen (secondary N) is 1. The maximum absolute atomic E-state index is 14.3. The summed E-state index contributed by atoms with van der Waals surface area (Å²) in [5.41, 5.74) is -2.43. The van der Waals surface area contributed by atoms with Crippen LogP contribution >= 0.6 is 0 Å². The van der Waals surface area contributed by atoms with E-state index in [1.807, 2.05) is 4.72 Å². The predicted molar refractivity (Wildman–Crippen MR) is 123 cm³/mol. The molecular formula is C24H15F7N4O3S. The zero-order chi connectivity index (χ0) is 28.5. The third-order valence-corrected chi connectivity index (χ3v) is 6.70. The molecule has 2 aromatic carbocycles. The van der Waals surface area contributed by atoms with Crippen LogP contribution in [0.25, 0.3) is 16.9 Å². The van der Waals surface area contributed by atoms with Gasteiger partial charge >= 0.3 is 6.18 Å². The molecule has 0 amide bonds. The SMILES string of the molecule is O=S(=O)(NCCO)c1cc(C#Cc2cc3nc(-c4ccc(C(F)(F)F)cc4)cc(C(F)F)n3n2)c(F)cc1F. The van der Waals surface area contributed by atoms with E-state index in [2.05, 4.69) is 21.9 Å². The Kier molecular flexibility index (Phi) is 7.64. The summed E-state index contributed by atoms with van der Waals surface area (Å²) in [6, 6.07) is 6.73. The average molecular weight is 572 g/mol. The van der Waals surface area contributed by atoms with E-state index < -0.39 is 69.1 Å². The van der Waals surface area contributed by atoms with Crippen LogP contribution in [-0.2, 0) is 16.2 Å². The molecule has 39 heavy (non-hydrogen) atoms. The zero-order valence-electron chi connectivity index (χ0n) is 19.3. The maximum atomic E-state index is 14.3. The first kappa shape index (κ1) is 28.0. The summed E-state index contributed by atoms with van der Waals surface area (Å²) in [6.07, 6.45) is -7.66. The van der Waals surface area contributed by atoms with Crippen molar-refractivity contribution >= 4 is 15.7 Å². The second-order valence-corrected chi connectivity index (χ2v) is 9.61. The highest BCUT2D eigenvalue weighted by molar-refractivity contribution is 7.89. The van der Waals surface area contributed by atoms with Gasteiger partial charge in [-0.1, -0.05) is 18.1 Å². The van der Waals surface area contributed by atoms with Crippen molar-refractivity contribution in [3.8, 4) is 23.1 Å². The van der Waals surface area contributed by atoms with Crippen molar-refractivity contribution in [2.24, 2.45) is 0 Å². The van der Waals surface area contributed by atoms with E-state index in [1.165, 1.54) is 0 Å². The summed E-state index contributed by atoms with van der Waals surface area (Å²) in [5, 5.41) is 12.7. The van der Waals surface area contributed by atoms with Gasteiger partial charge in [-0.15, -0.1) is 0 Å². The molecule has 0 unspecified atom stereocenters. The average Bonchev–Trinajstić information content (AvgIpc) is 3.28. The fourth-order valence-corrected chi connectivity index (χ4v) is 4.52. The Labute approximate surface area is 216 Å². The number of aliphatic hydroxyl groups is 1. The molecule has 2 aromatic heterocycles. The van der Waals surface area contributed by atoms with Crippen molar-refractivity contribution in [3.63, 3.8) is 0 Å². The van der Waals surface area contributed by atoms with Crippen LogP contribution in [0.5, 0.6) is 0 Å². The summed E-state index contributed by atoms with van der Waals surface area (Å²) in [5.74, 6) is 2.03. The fourth-order valence-electron chi connectivity index (χ4n) is 3.41. The minimum atomic E-state index is -4.59. The number of hydrogen-bond acceptors (Lipinski definition) is 5. The highest BCUT2D eigenvalue weighted by Crippen LogP contribution is 2.32. The van der Waals surface area contributed by atoms with Crippen LogP contribution in [-0.4, -0.2) is 41.3 Å². The number of rotatable bonds is 6. The quantitative estimate of drug-likeness (QED) is 0.265. The van der Waals surface area contributed by atoms with E-state index in [4.69, 9.17) is 5.11 Å². The van der Waals surface area contributed by atoms with E-state index in [9.17, 15) is 39.2 Å². The lowest BCUT2D eigenvalue weighted by Gasteiger charge is -2.09. The molecule has 204 valence electrons. The number of nitrogens with zero attached hydrogens (tertiary/aromatic N) is 3. The Balaban J connectivity index is 1.75. The normalized spacial score (nSPS) is 12.1. The van der Waals surface area contributed by atoms with Gasteiger partial charge in [0.2, 0.25) is 10.0 Å². The molecule has 0 fully saturated rings. The molecule has 0 atom stereocenters. The Bertz CT molecular complexity index is 1710. The number of halogens is 7. The van der Waals surface area contributed by atoms with Crippen molar-refractivity contribution in [2.45, 2.75) is 17.5 Å². The van der Waals surface area contributed by atoms with Crippen molar-refractivity contribution in [2.75, 3.05) is 13.2 Å². The summed E-state index contributed by atoms with van der Waals surface area (Å²) >= 11 is 0.